The predicted octanol–water partition coefficient (Wildman–Crippen LogP) is 1.45. The molecule has 0 spiro atoms. The monoisotopic (exact) mass is 357 g/mol. The van der Waals surface area contributed by atoms with Crippen LogP contribution in [0.1, 0.15) is 17.2 Å². The average Bonchev–Trinajstić information content (AvgIpc) is 2.67. The Morgan fingerprint density at radius 2 is 2.10 bits per heavy atom. The summed E-state index contributed by atoms with van der Waals surface area (Å²) in [5, 5.41) is 19.9. The average molecular weight is 358 g/mol. The van der Waals surface area contributed by atoms with Gasteiger partial charge in [0.15, 0.2) is 0 Å². The van der Waals surface area contributed by atoms with Crippen molar-refractivity contribution in [2.45, 2.75) is 31.3 Å². The number of aliphatic hydroxyl groups excluding tert-OH is 2. The van der Waals surface area contributed by atoms with Crippen molar-refractivity contribution >= 4 is 28.6 Å². The molecule has 1 fully saturated rings. The van der Waals surface area contributed by atoms with Gasteiger partial charge in [-0.3, -0.25) is 9.36 Å². The number of aromatic nitrogens is 1. The molecule has 4 atom stereocenters. The summed E-state index contributed by atoms with van der Waals surface area (Å²) in [6.07, 6.45) is -6.63. The first-order valence-corrected chi connectivity index (χ1v) is 9.47. The quantitative estimate of drug-likeness (QED) is 0.703. The number of ether oxygens (including phenoxy) is 1. The van der Waals surface area contributed by atoms with E-state index in [2.05, 4.69) is 4.98 Å². The van der Waals surface area contributed by atoms with E-state index in [0.29, 0.717) is 11.1 Å². The summed E-state index contributed by atoms with van der Waals surface area (Å²) in [6.45, 7) is 1.28. The third-order valence-electron chi connectivity index (χ3n) is 3.19. The molecule has 1 aliphatic rings. The molecule has 118 valence electrons. The molecule has 1 saturated heterocycles. The Morgan fingerprint density at radius 3 is 2.67 bits per heavy atom. The van der Waals surface area contributed by atoms with E-state index in [4.69, 9.17) is 31.7 Å². The molecule has 10 heteroatoms. The maximum atomic E-state index is 11.3. The zero-order valence-electron chi connectivity index (χ0n) is 10.9. The summed E-state index contributed by atoms with van der Waals surface area (Å²) >= 11 is 10.5. The van der Waals surface area contributed by atoms with Gasteiger partial charge >= 0.3 is 6.07 Å². The van der Waals surface area contributed by atoms with Crippen LogP contribution in [0.15, 0.2) is 17.1 Å². The number of hydrogen-bond acceptors (Lipinski definition) is 6. The number of pyridine rings is 1. The molecule has 0 aromatic carbocycles. The number of nitrogens with one attached hydrogen (secondary N) is 1. The highest BCUT2D eigenvalue weighted by molar-refractivity contribution is 8.05. The summed E-state index contributed by atoms with van der Waals surface area (Å²) in [4.78, 5) is 13.8. The Labute approximate surface area is 129 Å². The van der Waals surface area contributed by atoms with Gasteiger partial charge in [0.2, 0.25) is 0 Å². The van der Waals surface area contributed by atoms with Crippen LogP contribution in [0.3, 0.4) is 0 Å². The second-order valence-electron chi connectivity index (χ2n) is 4.73. The lowest BCUT2D eigenvalue weighted by molar-refractivity contribution is -0.0153. The van der Waals surface area contributed by atoms with Crippen LogP contribution in [0.4, 0.5) is 0 Å². The van der Waals surface area contributed by atoms with E-state index in [9.17, 15) is 19.6 Å². The minimum absolute atomic E-state index is 0.253. The first kappa shape index (κ1) is 17.0. The minimum Gasteiger partial charge on any atom is -0.387 e. The highest BCUT2D eigenvalue weighted by Gasteiger charge is 2.44. The first-order valence-electron chi connectivity index (χ1n) is 6.04. The first-order chi connectivity index (χ1) is 9.69. The highest BCUT2D eigenvalue weighted by atomic mass is 35.9. The number of halogens is 2. The number of aliphatic hydroxyl groups is 2. The highest BCUT2D eigenvalue weighted by Crippen LogP contribution is 2.57. The third kappa shape index (κ3) is 4.07. The van der Waals surface area contributed by atoms with Crippen molar-refractivity contribution in [1.29, 1.82) is 0 Å². The van der Waals surface area contributed by atoms with Gasteiger partial charge in [-0.2, -0.15) is 0 Å². The van der Waals surface area contributed by atoms with E-state index in [1.165, 1.54) is 6.20 Å². The molecule has 0 aliphatic carbocycles. The Bertz CT molecular complexity index is 617. The van der Waals surface area contributed by atoms with Crippen molar-refractivity contribution in [2.75, 3.05) is 6.61 Å². The summed E-state index contributed by atoms with van der Waals surface area (Å²) in [6, 6.07) is 1.55. The van der Waals surface area contributed by atoms with E-state index < -0.39 is 30.5 Å². The van der Waals surface area contributed by atoms with Gasteiger partial charge in [-0.05, 0) is 35.5 Å². The lowest BCUT2D eigenvalue weighted by Gasteiger charge is -2.15. The van der Waals surface area contributed by atoms with Gasteiger partial charge in [0.05, 0.1) is 6.61 Å². The van der Waals surface area contributed by atoms with Crippen LogP contribution in [0.2, 0.25) is 0 Å². The molecule has 21 heavy (non-hydrogen) atoms. The number of rotatable bonds is 4. The van der Waals surface area contributed by atoms with Gasteiger partial charge < -0.3 is 24.5 Å². The fourth-order valence-electron chi connectivity index (χ4n) is 2.11. The fraction of sp³-hybridized carbons (Fsp3) is 0.545. The summed E-state index contributed by atoms with van der Waals surface area (Å²) in [5.74, 6) is 0. The molecule has 0 amide bonds. The molecule has 2 rings (SSSR count). The Morgan fingerprint density at radius 1 is 1.43 bits per heavy atom. The number of aryl methyl sites for hydroxylation is 1. The van der Waals surface area contributed by atoms with E-state index in [0.717, 1.165) is 0 Å². The van der Waals surface area contributed by atoms with Gasteiger partial charge in [-0.1, -0.05) is 0 Å². The van der Waals surface area contributed by atoms with Gasteiger partial charge in [-0.25, -0.2) is 0 Å². The van der Waals surface area contributed by atoms with Crippen molar-refractivity contribution in [2.24, 2.45) is 0 Å². The van der Waals surface area contributed by atoms with Crippen LogP contribution in [0.25, 0.3) is 0 Å². The lowest BCUT2D eigenvalue weighted by Crippen LogP contribution is -2.32. The Hall–Kier alpha value is -0.400. The molecule has 1 aromatic rings. The van der Waals surface area contributed by atoms with Crippen molar-refractivity contribution in [3.63, 3.8) is 0 Å². The summed E-state index contributed by atoms with van der Waals surface area (Å²) in [5.41, 5.74) is 0.696. The van der Waals surface area contributed by atoms with Crippen LogP contribution in [-0.2, 0) is 13.8 Å². The number of H-pyrrole nitrogens is 1. The normalized spacial score (nSPS) is 29.8. The smallest absolute Gasteiger partial charge is 0.380 e. The zero-order valence-corrected chi connectivity index (χ0v) is 13.3. The maximum Gasteiger partial charge on any atom is 0.380 e. The molecular formula is C11H14Cl2NO6P. The van der Waals surface area contributed by atoms with E-state index in [1.54, 1.807) is 13.0 Å². The molecule has 1 aromatic heterocycles. The molecule has 0 bridgehead atoms. The minimum atomic E-state index is -3.75. The largest absolute Gasteiger partial charge is 0.387 e. The Balaban J connectivity index is 2.13. The molecule has 3 N–H and O–H groups in total. The fourth-order valence-corrected chi connectivity index (χ4v) is 2.76. The SMILES string of the molecule is Cc1cc([C@@H]2O[C@H](COP(=O)(Cl)Cl)C(O)[C@@H]2O)c[nH]c1=O. The Kier molecular flexibility index (Phi) is 5.15. The van der Waals surface area contributed by atoms with Gasteiger partial charge in [0.1, 0.15) is 24.4 Å². The van der Waals surface area contributed by atoms with Crippen molar-refractivity contribution < 1.29 is 24.0 Å². The third-order valence-corrected chi connectivity index (χ3v) is 4.23. The molecule has 7 nitrogen and oxygen atoms in total. The van der Waals surface area contributed by atoms with Crippen LogP contribution in [0.5, 0.6) is 0 Å². The summed E-state index contributed by atoms with van der Waals surface area (Å²) < 4.78 is 21.2. The van der Waals surface area contributed by atoms with Gasteiger partial charge in [0.25, 0.3) is 5.56 Å². The lowest BCUT2D eigenvalue weighted by atomic mass is 10.0. The van der Waals surface area contributed by atoms with Crippen molar-refractivity contribution in [3.05, 3.63) is 33.7 Å². The molecule has 1 unspecified atom stereocenters. The van der Waals surface area contributed by atoms with Crippen LogP contribution in [0, 0.1) is 6.92 Å². The molecule has 0 radical (unpaired) electrons. The molecule has 1 aliphatic heterocycles. The van der Waals surface area contributed by atoms with E-state index in [1.807, 2.05) is 0 Å². The summed E-state index contributed by atoms with van der Waals surface area (Å²) in [7, 11) is 0. The van der Waals surface area contributed by atoms with Crippen molar-refractivity contribution in [1.82, 2.24) is 4.98 Å². The molecule has 0 saturated carbocycles. The molecular weight excluding hydrogens is 344 g/mol. The van der Waals surface area contributed by atoms with E-state index in [-0.39, 0.29) is 12.2 Å². The van der Waals surface area contributed by atoms with Crippen LogP contribution < -0.4 is 5.56 Å². The number of hydrogen-bond donors (Lipinski definition) is 3. The second-order valence-corrected chi connectivity index (χ2v) is 9.01. The standard InChI is InChI=1S/C11H14Cl2NO6P/c1-5-2-6(3-14-11(5)17)10-9(16)8(15)7(20-10)4-19-21(12,13)18/h2-3,7-10,15-16H,4H2,1H3,(H,14,17)/t7-,8?,9+,10+/m1/s1. The van der Waals surface area contributed by atoms with Crippen molar-refractivity contribution in [3.8, 4) is 0 Å². The van der Waals surface area contributed by atoms with Crippen LogP contribution in [-0.4, -0.2) is 40.1 Å². The topological polar surface area (TPSA) is 109 Å². The van der Waals surface area contributed by atoms with Gasteiger partial charge in [0, 0.05) is 17.3 Å². The van der Waals surface area contributed by atoms with Gasteiger partial charge in [-0.15, -0.1) is 0 Å². The zero-order chi connectivity index (χ0) is 15.8. The predicted molar refractivity (Wildman–Crippen MR) is 76.7 cm³/mol. The van der Waals surface area contributed by atoms with E-state index >= 15 is 0 Å². The molecule has 2 heterocycles. The second kappa shape index (κ2) is 6.38. The maximum absolute atomic E-state index is 11.3. The van der Waals surface area contributed by atoms with Crippen LogP contribution >= 0.6 is 28.6 Å². The number of aromatic amines is 1.